The van der Waals surface area contributed by atoms with Crippen LogP contribution in [0.5, 0.6) is 0 Å². The van der Waals surface area contributed by atoms with Crippen molar-refractivity contribution >= 4 is 34.0 Å². The lowest BCUT2D eigenvalue weighted by molar-refractivity contribution is 1.08. The lowest BCUT2D eigenvalue weighted by Gasteiger charge is -1.82. The molecule has 2 heterocycles. The van der Waals surface area contributed by atoms with E-state index >= 15 is 0 Å². The second kappa shape index (κ2) is 4.27. The number of nitrogens with one attached hydrogen (secondary N) is 2. The first-order valence-corrected chi connectivity index (χ1v) is 6.20. The van der Waals surface area contributed by atoms with Crippen LogP contribution in [-0.4, -0.2) is 19.9 Å². The van der Waals surface area contributed by atoms with Crippen LogP contribution in [0.15, 0.2) is 58.8 Å². The third-order valence-electron chi connectivity index (χ3n) is 2.99. The van der Waals surface area contributed by atoms with Gasteiger partial charge in [0.2, 0.25) is 11.9 Å². The van der Waals surface area contributed by atoms with Gasteiger partial charge in [-0.1, -0.05) is 24.3 Å². The molecule has 2 N–H and O–H groups in total. The Morgan fingerprint density at radius 1 is 0.650 bits per heavy atom. The molecule has 6 heteroatoms. The minimum Gasteiger partial charge on any atom is -0.321 e. The van der Waals surface area contributed by atoms with Crippen molar-refractivity contribution in [3.8, 4) is 0 Å². The largest absolute Gasteiger partial charge is 0.321 e. The molecule has 0 bridgehead atoms. The van der Waals surface area contributed by atoms with Crippen molar-refractivity contribution < 1.29 is 0 Å². The summed E-state index contributed by atoms with van der Waals surface area (Å²) < 4.78 is 0. The van der Waals surface area contributed by atoms with Gasteiger partial charge in [-0.05, 0) is 24.3 Å². The highest BCUT2D eigenvalue weighted by molar-refractivity contribution is 5.77. The van der Waals surface area contributed by atoms with E-state index < -0.39 is 0 Å². The van der Waals surface area contributed by atoms with Crippen molar-refractivity contribution in [3.63, 3.8) is 0 Å². The summed E-state index contributed by atoms with van der Waals surface area (Å²) in [6, 6.07) is 15.5. The zero-order valence-electron chi connectivity index (χ0n) is 10.4. The maximum atomic E-state index is 4.32. The number of aromatic nitrogens is 4. The van der Waals surface area contributed by atoms with Crippen LogP contribution >= 0.6 is 0 Å². The van der Waals surface area contributed by atoms with E-state index in [1.165, 1.54) is 0 Å². The number of aromatic amines is 2. The van der Waals surface area contributed by atoms with Crippen LogP contribution in [0.4, 0.5) is 11.9 Å². The molecule has 20 heavy (non-hydrogen) atoms. The van der Waals surface area contributed by atoms with Crippen LogP contribution in [0.3, 0.4) is 0 Å². The highest BCUT2D eigenvalue weighted by atomic mass is 15.3. The summed E-state index contributed by atoms with van der Waals surface area (Å²) in [5, 5.41) is 8.15. The van der Waals surface area contributed by atoms with Gasteiger partial charge in [-0.15, -0.1) is 10.2 Å². The quantitative estimate of drug-likeness (QED) is 0.538. The van der Waals surface area contributed by atoms with E-state index in [-0.39, 0.29) is 0 Å². The van der Waals surface area contributed by atoms with Crippen LogP contribution in [0, 0.1) is 0 Å². The number of hydrogen-bond donors (Lipinski definition) is 2. The van der Waals surface area contributed by atoms with Crippen LogP contribution in [-0.2, 0) is 0 Å². The molecule has 4 aromatic rings. The van der Waals surface area contributed by atoms with Crippen LogP contribution in [0.1, 0.15) is 0 Å². The Morgan fingerprint density at radius 3 is 1.55 bits per heavy atom. The molecule has 0 amide bonds. The topological polar surface area (TPSA) is 82.1 Å². The van der Waals surface area contributed by atoms with Crippen molar-refractivity contribution in [2.24, 2.45) is 10.2 Å². The Balaban J connectivity index is 1.70. The first-order chi connectivity index (χ1) is 9.88. The lowest BCUT2D eigenvalue weighted by atomic mass is 10.3. The van der Waals surface area contributed by atoms with E-state index in [9.17, 15) is 0 Å². The molecule has 0 saturated carbocycles. The summed E-state index contributed by atoms with van der Waals surface area (Å²) in [5.74, 6) is 0.929. The molecule has 96 valence electrons. The third-order valence-corrected chi connectivity index (χ3v) is 2.99. The van der Waals surface area contributed by atoms with Gasteiger partial charge >= 0.3 is 0 Å². The summed E-state index contributed by atoms with van der Waals surface area (Å²) in [4.78, 5) is 14.8. The van der Waals surface area contributed by atoms with E-state index in [0.29, 0.717) is 11.9 Å². The molecule has 6 nitrogen and oxygen atoms in total. The Labute approximate surface area is 113 Å². The molecule has 0 saturated heterocycles. The molecule has 0 atom stereocenters. The SMILES string of the molecule is c1ccc2[nH]c(/N=N/c3nc4ccccc4[nH]3)nc2c1. The zero-order chi connectivity index (χ0) is 13.4. The molecule has 4 rings (SSSR count). The Kier molecular flexibility index (Phi) is 2.32. The van der Waals surface area contributed by atoms with Gasteiger partial charge in [-0.3, -0.25) is 0 Å². The second-order valence-corrected chi connectivity index (χ2v) is 4.36. The first kappa shape index (κ1) is 10.9. The van der Waals surface area contributed by atoms with Gasteiger partial charge in [-0.25, -0.2) is 9.97 Å². The van der Waals surface area contributed by atoms with E-state index in [1.807, 2.05) is 48.5 Å². The molecule has 0 aliphatic rings. The molecule has 0 spiro atoms. The highest BCUT2D eigenvalue weighted by Crippen LogP contribution is 2.19. The van der Waals surface area contributed by atoms with Gasteiger partial charge in [0.25, 0.3) is 0 Å². The van der Waals surface area contributed by atoms with Gasteiger partial charge in [0.1, 0.15) is 0 Å². The Hall–Kier alpha value is -3.02. The Morgan fingerprint density at radius 2 is 1.10 bits per heavy atom. The summed E-state index contributed by atoms with van der Waals surface area (Å²) >= 11 is 0. The fraction of sp³-hybridized carbons (Fsp3) is 0. The maximum Gasteiger partial charge on any atom is 0.247 e. The van der Waals surface area contributed by atoms with Gasteiger partial charge in [0.05, 0.1) is 22.1 Å². The van der Waals surface area contributed by atoms with E-state index in [1.54, 1.807) is 0 Å². The zero-order valence-corrected chi connectivity index (χ0v) is 10.4. The number of nitrogens with zero attached hydrogens (tertiary/aromatic N) is 4. The smallest absolute Gasteiger partial charge is 0.247 e. The molecule has 0 aliphatic heterocycles. The summed E-state index contributed by atoms with van der Waals surface area (Å²) in [6.07, 6.45) is 0. The fourth-order valence-electron chi connectivity index (χ4n) is 2.07. The molecule has 2 aromatic heterocycles. The molecule has 0 unspecified atom stereocenters. The average molecular weight is 262 g/mol. The molecular formula is C14H10N6. The van der Waals surface area contributed by atoms with Crippen molar-refractivity contribution in [1.29, 1.82) is 0 Å². The van der Waals surface area contributed by atoms with Gasteiger partial charge in [0.15, 0.2) is 0 Å². The summed E-state index contributed by atoms with van der Waals surface area (Å²) in [7, 11) is 0. The highest BCUT2D eigenvalue weighted by Gasteiger charge is 2.02. The van der Waals surface area contributed by atoms with Gasteiger partial charge in [-0.2, -0.15) is 0 Å². The molecule has 2 aromatic carbocycles. The van der Waals surface area contributed by atoms with Crippen LogP contribution in [0.2, 0.25) is 0 Å². The number of para-hydroxylation sites is 4. The molecule has 0 aliphatic carbocycles. The number of benzene rings is 2. The van der Waals surface area contributed by atoms with E-state index in [2.05, 4.69) is 30.2 Å². The van der Waals surface area contributed by atoms with Crippen molar-refractivity contribution in [3.05, 3.63) is 48.5 Å². The van der Waals surface area contributed by atoms with Crippen LogP contribution in [0.25, 0.3) is 22.1 Å². The van der Waals surface area contributed by atoms with Gasteiger partial charge in [0, 0.05) is 0 Å². The number of azo groups is 1. The fourth-order valence-corrected chi connectivity index (χ4v) is 2.07. The normalized spacial score (nSPS) is 11.8. The van der Waals surface area contributed by atoms with E-state index in [4.69, 9.17) is 0 Å². The molecule has 0 fully saturated rings. The maximum absolute atomic E-state index is 4.32. The third kappa shape index (κ3) is 1.83. The number of imidazole rings is 2. The number of rotatable bonds is 2. The van der Waals surface area contributed by atoms with Crippen molar-refractivity contribution in [1.82, 2.24) is 19.9 Å². The first-order valence-electron chi connectivity index (χ1n) is 6.20. The number of H-pyrrole nitrogens is 2. The van der Waals surface area contributed by atoms with Crippen molar-refractivity contribution in [2.75, 3.05) is 0 Å². The Bertz CT molecular complexity index is 775. The van der Waals surface area contributed by atoms with Crippen LogP contribution < -0.4 is 0 Å². The molecule has 0 radical (unpaired) electrons. The van der Waals surface area contributed by atoms with E-state index in [0.717, 1.165) is 22.1 Å². The minimum atomic E-state index is 0.464. The predicted molar refractivity (Wildman–Crippen MR) is 76.4 cm³/mol. The van der Waals surface area contributed by atoms with Crippen molar-refractivity contribution in [2.45, 2.75) is 0 Å². The second-order valence-electron chi connectivity index (χ2n) is 4.36. The predicted octanol–water partition coefficient (Wildman–Crippen LogP) is 3.85. The average Bonchev–Trinajstić information content (AvgIpc) is 3.07. The number of hydrogen-bond acceptors (Lipinski definition) is 4. The number of fused-ring (bicyclic) bond motifs is 2. The summed E-state index contributed by atoms with van der Waals surface area (Å²) in [6.45, 7) is 0. The molecular weight excluding hydrogens is 252 g/mol. The summed E-state index contributed by atoms with van der Waals surface area (Å²) in [5.41, 5.74) is 3.61. The standard InChI is InChI=1S/C14H10N6/c1-2-6-10-9(5-1)15-13(16-10)19-20-14-17-11-7-3-4-8-12(11)18-14/h1-8H,(H,15,16)(H,17,18)/b20-19+. The monoisotopic (exact) mass is 262 g/mol. The minimum absolute atomic E-state index is 0.464. The van der Waals surface area contributed by atoms with Gasteiger partial charge < -0.3 is 9.97 Å². The lowest BCUT2D eigenvalue weighted by Crippen LogP contribution is -1.67.